The zero-order chi connectivity index (χ0) is 17.6. The lowest BCUT2D eigenvalue weighted by molar-refractivity contribution is -0.123. The number of likely N-dealkylation sites (tertiary alicyclic amines) is 1. The SMILES string of the molecule is CC(C)C(C(=O)Nc1cnn(Cc2ccccn2)c1)N1CCCCC1. The summed E-state index contributed by atoms with van der Waals surface area (Å²) in [5, 5.41) is 7.37. The van der Waals surface area contributed by atoms with E-state index in [2.05, 4.69) is 34.1 Å². The highest BCUT2D eigenvalue weighted by atomic mass is 16.2. The Bertz CT molecular complexity index is 676. The molecule has 0 saturated carbocycles. The number of hydrogen-bond donors (Lipinski definition) is 1. The van der Waals surface area contributed by atoms with Crippen molar-refractivity contribution < 1.29 is 4.79 Å². The van der Waals surface area contributed by atoms with Crippen molar-refractivity contribution in [1.29, 1.82) is 0 Å². The summed E-state index contributed by atoms with van der Waals surface area (Å²) >= 11 is 0. The standard InChI is InChI=1S/C19H27N5O/c1-15(2)18(23-10-6-3-7-11-23)19(25)22-17-12-21-24(14-17)13-16-8-4-5-9-20-16/h4-5,8-9,12,14-15,18H,3,6-7,10-11,13H2,1-2H3,(H,22,25). The number of nitrogens with one attached hydrogen (secondary N) is 1. The Labute approximate surface area is 149 Å². The molecule has 1 saturated heterocycles. The molecule has 0 spiro atoms. The lowest BCUT2D eigenvalue weighted by Crippen LogP contribution is -2.49. The molecule has 0 aliphatic carbocycles. The molecule has 1 unspecified atom stereocenters. The minimum absolute atomic E-state index is 0.0642. The number of amides is 1. The van der Waals surface area contributed by atoms with E-state index in [9.17, 15) is 4.79 Å². The third-order valence-corrected chi connectivity index (χ3v) is 4.64. The number of hydrogen-bond acceptors (Lipinski definition) is 4. The predicted octanol–water partition coefficient (Wildman–Crippen LogP) is 2.78. The van der Waals surface area contributed by atoms with Crippen LogP contribution in [-0.4, -0.2) is 44.7 Å². The molecule has 3 heterocycles. The highest BCUT2D eigenvalue weighted by Crippen LogP contribution is 2.19. The van der Waals surface area contributed by atoms with Crippen LogP contribution in [0.3, 0.4) is 0 Å². The average Bonchev–Trinajstić information content (AvgIpc) is 3.03. The summed E-state index contributed by atoms with van der Waals surface area (Å²) < 4.78 is 1.79. The van der Waals surface area contributed by atoms with E-state index >= 15 is 0 Å². The molecule has 0 bridgehead atoms. The van der Waals surface area contributed by atoms with Gasteiger partial charge in [0.1, 0.15) is 0 Å². The first-order valence-corrected chi connectivity index (χ1v) is 9.11. The highest BCUT2D eigenvalue weighted by Gasteiger charge is 2.30. The van der Waals surface area contributed by atoms with Gasteiger partial charge in [-0.05, 0) is 44.0 Å². The van der Waals surface area contributed by atoms with E-state index in [1.165, 1.54) is 19.3 Å². The van der Waals surface area contributed by atoms with Crippen molar-refractivity contribution in [2.24, 2.45) is 5.92 Å². The zero-order valence-electron chi connectivity index (χ0n) is 15.1. The summed E-state index contributed by atoms with van der Waals surface area (Å²) in [5.74, 6) is 0.343. The Morgan fingerprint density at radius 3 is 2.72 bits per heavy atom. The summed E-state index contributed by atoms with van der Waals surface area (Å²) in [6.07, 6.45) is 8.96. The maximum Gasteiger partial charge on any atom is 0.242 e. The van der Waals surface area contributed by atoms with Crippen LogP contribution in [0.25, 0.3) is 0 Å². The minimum Gasteiger partial charge on any atom is -0.322 e. The van der Waals surface area contributed by atoms with Gasteiger partial charge in [0.2, 0.25) is 5.91 Å². The maximum absolute atomic E-state index is 12.8. The molecule has 134 valence electrons. The number of piperidine rings is 1. The molecule has 0 aromatic carbocycles. The van der Waals surface area contributed by atoms with E-state index < -0.39 is 0 Å². The lowest BCUT2D eigenvalue weighted by atomic mass is 9.98. The van der Waals surface area contributed by atoms with Crippen LogP contribution in [0.2, 0.25) is 0 Å². The largest absolute Gasteiger partial charge is 0.322 e. The van der Waals surface area contributed by atoms with Gasteiger partial charge in [0.25, 0.3) is 0 Å². The molecule has 1 aliphatic rings. The van der Waals surface area contributed by atoms with Crippen LogP contribution in [-0.2, 0) is 11.3 Å². The van der Waals surface area contributed by atoms with E-state index in [4.69, 9.17) is 0 Å². The Balaban J connectivity index is 1.63. The van der Waals surface area contributed by atoms with Gasteiger partial charge in [-0.25, -0.2) is 0 Å². The van der Waals surface area contributed by atoms with Crippen molar-refractivity contribution in [1.82, 2.24) is 19.7 Å². The molecule has 3 rings (SSSR count). The van der Waals surface area contributed by atoms with Crippen molar-refractivity contribution >= 4 is 11.6 Å². The number of pyridine rings is 1. The number of aromatic nitrogens is 3. The van der Waals surface area contributed by atoms with Gasteiger partial charge in [0.15, 0.2) is 0 Å². The van der Waals surface area contributed by atoms with Gasteiger partial charge in [-0.3, -0.25) is 19.4 Å². The van der Waals surface area contributed by atoms with Crippen LogP contribution in [0.1, 0.15) is 38.8 Å². The number of carbonyl (C=O) groups excluding carboxylic acids is 1. The van der Waals surface area contributed by atoms with E-state index in [0.717, 1.165) is 24.5 Å². The third-order valence-electron chi connectivity index (χ3n) is 4.64. The van der Waals surface area contributed by atoms with Crippen LogP contribution in [0.4, 0.5) is 5.69 Å². The van der Waals surface area contributed by atoms with Crippen LogP contribution in [0.15, 0.2) is 36.8 Å². The fourth-order valence-electron chi connectivity index (χ4n) is 3.48. The fourth-order valence-corrected chi connectivity index (χ4v) is 3.48. The second kappa shape index (κ2) is 8.25. The smallest absolute Gasteiger partial charge is 0.242 e. The second-order valence-electron chi connectivity index (χ2n) is 7.02. The van der Waals surface area contributed by atoms with Crippen molar-refractivity contribution in [2.45, 2.75) is 45.7 Å². The van der Waals surface area contributed by atoms with Gasteiger partial charge in [0, 0.05) is 12.4 Å². The maximum atomic E-state index is 12.8. The van der Waals surface area contributed by atoms with Crippen molar-refractivity contribution in [3.05, 3.63) is 42.5 Å². The second-order valence-corrected chi connectivity index (χ2v) is 7.02. The molecule has 0 radical (unpaired) electrons. The van der Waals surface area contributed by atoms with E-state index in [1.54, 1.807) is 17.1 Å². The molecule has 1 aliphatic heterocycles. The Morgan fingerprint density at radius 2 is 2.04 bits per heavy atom. The molecule has 6 heteroatoms. The van der Waals surface area contributed by atoms with Crippen LogP contribution in [0, 0.1) is 5.92 Å². The number of carbonyl (C=O) groups is 1. The number of nitrogens with zero attached hydrogens (tertiary/aromatic N) is 4. The quantitative estimate of drug-likeness (QED) is 0.877. The number of anilines is 1. The van der Waals surface area contributed by atoms with E-state index in [-0.39, 0.29) is 17.9 Å². The van der Waals surface area contributed by atoms with E-state index in [1.807, 2.05) is 24.4 Å². The fraction of sp³-hybridized carbons (Fsp3) is 0.526. The molecular formula is C19H27N5O. The van der Waals surface area contributed by atoms with E-state index in [0.29, 0.717) is 6.54 Å². The molecule has 1 atom stereocenters. The Kier molecular flexibility index (Phi) is 5.81. The summed E-state index contributed by atoms with van der Waals surface area (Å²) in [4.78, 5) is 19.4. The predicted molar refractivity (Wildman–Crippen MR) is 98.2 cm³/mol. The van der Waals surface area contributed by atoms with Gasteiger partial charge in [0.05, 0.1) is 30.2 Å². The first-order valence-electron chi connectivity index (χ1n) is 9.11. The minimum atomic E-state index is -0.0839. The first-order chi connectivity index (χ1) is 12.1. The van der Waals surface area contributed by atoms with Crippen molar-refractivity contribution in [3.63, 3.8) is 0 Å². The van der Waals surface area contributed by atoms with Gasteiger partial charge in [-0.1, -0.05) is 26.3 Å². The third kappa shape index (κ3) is 4.66. The van der Waals surface area contributed by atoms with Crippen molar-refractivity contribution in [3.8, 4) is 0 Å². The molecule has 25 heavy (non-hydrogen) atoms. The van der Waals surface area contributed by atoms with Crippen LogP contribution < -0.4 is 5.32 Å². The molecule has 6 nitrogen and oxygen atoms in total. The average molecular weight is 341 g/mol. The monoisotopic (exact) mass is 341 g/mol. The molecule has 1 amide bonds. The molecule has 2 aromatic rings. The van der Waals surface area contributed by atoms with Gasteiger partial charge < -0.3 is 5.32 Å². The summed E-state index contributed by atoms with van der Waals surface area (Å²) in [7, 11) is 0. The summed E-state index contributed by atoms with van der Waals surface area (Å²) in [6, 6.07) is 5.73. The van der Waals surface area contributed by atoms with Gasteiger partial charge in [-0.2, -0.15) is 5.10 Å². The number of rotatable bonds is 6. The summed E-state index contributed by atoms with van der Waals surface area (Å²) in [6.45, 7) is 6.84. The molecular weight excluding hydrogens is 314 g/mol. The highest BCUT2D eigenvalue weighted by molar-refractivity contribution is 5.94. The summed E-state index contributed by atoms with van der Waals surface area (Å²) in [5.41, 5.74) is 1.68. The van der Waals surface area contributed by atoms with Gasteiger partial charge in [-0.15, -0.1) is 0 Å². The van der Waals surface area contributed by atoms with Gasteiger partial charge >= 0.3 is 0 Å². The molecule has 1 fully saturated rings. The van der Waals surface area contributed by atoms with Crippen LogP contribution in [0.5, 0.6) is 0 Å². The Morgan fingerprint density at radius 1 is 1.24 bits per heavy atom. The lowest BCUT2D eigenvalue weighted by Gasteiger charge is -2.35. The molecule has 2 aromatic heterocycles. The topological polar surface area (TPSA) is 63.1 Å². The zero-order valence-corrected chi connectivity index (χ0v) is 15.1. The first kappa shape index (κ1) is 17.6. The molecule has 1 N–H and O–H groups in total. The Hall–Kier alpha value is -2.21. The van der Waals surface area contributed by atoms with Crippen molar-refractivity contribution in [2.75, 3.05) is 18.4 Å². The normalized spacial score (nSPS) is 16.8. The van der Waals surface area contributed by atoms with Crippen LogP contribution >= 0.6 is 0 Å².